The van der Waals surface area contributed by atoms with Crippen LogP contribution in [0.25, 0.3) is 11.1 Å². The Hall–Kier alpha value is -2.04. The van der Waals surface area contributed by atoms with Gasteiger partial charge in [-0.1, -0.05) is 44.2 Å². The van der Waals surface area contributed by atoms with E-state index < -0.39 is 0 Å². The number of carbonyl (C=O) groups is 1. The Bertz CT molecular complexity index is 701. The zero-order chi connectivity index (χ0) is 17.8. The van der Waals surface area contributed by atoms with E-state index in [-0.39, 0.29) is 11.9 Å². The van der Waals surface area contributed by atoms with Crippen molar-refractivity contribution in [1.29, 1.82) is 0 Å². The quantitative estimate of drug-likeness (QED) is 0.839. The van der Waals surface area contributed by atoms with Gasteiger partial charge in [-0.15, -0.1) is 0 Å². The van der Waals surface area contributed by atoms with E-state index >= 15 is 0 Å². The lowest BCUT2D eigenvalue weighted by atomic mass is 9.96. The minimum absolute atomic E-state index is 0.0939. The van der Waals surface area contributed by atoms with Crippen LogP contribution in [0.2, 0.25) is 0 Å². The van der Waals surface area contributed by atoms with Crippen LogP contribution in [0.5, 0.6) is 0 Å². The SMILES string of the molecule is O=C(NC1CCCCCCC1)N1CCC[C@H](c2nc3ccccc3o2)C1. The van der Waals surface area contributed by atoms with Gasteiger partial charge < -0.3 is 14.6 Å². The van der Waals surface area contributed by atoms with Crippen LogP contribution >= 0.6 is 0 Å². The number of likely N-dealkylation sites (tertiary alicyclic amines) is 1. The van der Waals surface area contributed by atoms with Crippen molar-refractivity contribution < 1.29 is 9.21 Å². The Balaban J connectivity index is 1.38. The number of nitrogens with zero attached hydrogens (tertiary/aromatic N) is 2. The standard InChI is InChI=1S/C21H29N3O2/c25-21(22-17-10-4-2-1-3-5-11-17)24-14-8-9-16(15-24)20-23-18-12-6-7-13-19(18)26-20/h6-7,12-13,16-17H,1-5,8-11,14-15H2,(H,22,25)/t16-/m0/s1. The maximum Gasteiger partial charge on any atom is 0.317 e. The highest BCUT2D eigenvalue weighted by atomic mass is 16.3. The van der Waals surface area contributed by atoms with E-state index in [1.165, 1.54) is 32.1 Å². The molecule has 0 spiro atoms. The Morgan fingerprint density at radius 1 is 1.04 bits per heavy atom. The maximum absolute atomic E-state index is 12.8. The number of fused-ring (bicyclic) bond motifs is 1. The number of urea groups is 1. The summed E-state index contributed by atoms with van der Waals surface area (Å²) in [4.78, 5) is 19.4. The highest BCUT2D eigenvalue weighted by Gasteiger charge is 2.29. The molecule has 2 heterocycles. The molecule has 1 saturated heterocycles. The first-order valence-corrected chi connectivity index (χ1v) is 10.2. The maximum atomic E-state index is 12.8. The summed E-state index contributed by atoms with van der Waals surface area (Å²) in [5, 5.41) is 3.29. The van der Waals surface area contributed by atoms with Crippen molar-refractivity contribution in [3.8, 4) is 0 Å². The highest BCUT2D eigenvalue weighted by Crippen LogP contribution is 2.29. The molecule has 1 saturated carbocycles. The van der Waals surface area contributed by atoms with Crippen LogP contribution in [0.4, 0.5) is 4.79 Å². The van der Waals surface area contributed by atoms with E-state index in [2.05, 4.69) is 10.3 Å². The third kappa shape index (κ3) is 4.02. The third-order valence-electron chi connectivity index (χ3n) is 5.80. The predicted molar refractivity (Wildman–Crippen MR) is 102 cm³/mol. The topological polar surface area (TPSA) is 58.4 Å². The summed E-state index contributed by atoms with van der Waals surface area (Å²) in [5.74, 6) is 0.967. The molecule has 1 aliphatic carbocycles. The summed E-state index contributed by atoms with van der Waals surface area (Å²) >= 11 is 0. The lowest BCUT2D eigenvalue weighted by Gasteiger charge is -2.33. The fourth-order valence-electron chi connectivity index (χ4n) is 4.29. The van der Waals surface area contributed by atoms with Gasteiger partial charge in [-0.05, 0) is 37.8 Å². The number of nitrogens with one attached hydrogen (secondary N) is 1. The van der Waals surface area contributed by atoms with Crippen LogP contribution in [0, 0.1) is 0 Å². The molecule has 1 aromatic carbocycles. The molecule has 0 bridgehead atoms. The van der Waals surface area contributed by atoms with E-state index in [9.17, 15) is 4.79 Å². The Labute approximate surface area is 155 Å². The van der Waals surface area contributed by atoms with E-state index in [1.807, 2.05) is 29.2 Å². The molecule has 2 aliphatic rings. The van der Waals surface area contributed by atoms with Crippen LogP contribution < -0.4 is 5.32 Å². The monoisotopic (exact) mass is 355 g/mol. The van der Waals surface area contributed by atoms with E-state index in [1.54, 1.807) is 0 Å². The summed E-state index contributed by atoms with van der Waals surface area (Å²) in [7, 11) is 0. The molecule has 5 nitrogen and oxygen atoms in total. The summed E-state index contributed by atoms with van der Waals surface area (Å²) in [5.41, 5.74) is 1.73. The molecule has 2 fully saturated rings. The number of piperidine rings is 1. The third-order valence-corrected chi connectivity index (χ3v) is 5.80. The molecular formula is C21H29N3O2. The highest BCUT2D eigenvalue weighted by molar-refractivity contribution is 5.75. The molecule has 0 radical (unpaired) electrons. The Morgan fingerprint density at radius 2 is 1.81 bits per heavy atom. The van der Waals surface area contributed by atoms with Gasteiger partial charge in [0.25, 0.3) is 0 Å². The minimum Gasteiger partial charge on any atom is -0.440 e. The molecule has 5 heteroatoms. The lowest BCUT2D eigenvalue weighted by Crippen LogP contribution is -2.48. The van der Waals surface area contributed by atoms with Crippen LogP contribution in [-0.2, 0) is 0 Å². The van der Waals surface area contributed by atoms with Crippen LogP contribution in [0.3, 0.4) is 0 Å². The van der Waals surface area contributed by atoms with Crippen molar-refractivity contribution in [2.75, 3.05) is 13.1 Å². The van der Waals surface area contributed by atoms with Crippen molar-refractivity contribution >= 4 is 17.1 Å². The number of hydrogen-bond acceptors (Lipinski definition) is 3. The Morgan fingerprint density at radius 3 is 2.62 bits per heavy atom. The molecule has 0 unspecified atom stereocenters. The van der Waals surface area contributed by atoms with Crippen LogP contribution in [0.1, 0.15) is 69.6 Å². The van der Waals surface area contributed by atoms with Gasteiger partial charge in [-0.25, -0.2) is 9.78 Å². The summed E-state index contributed by atoms with van der Waals surface area (Å²) in [6.45, 7) is 1.53. The summed E-state index contributed by atoms with van der Waals surface area (Å²) in [6.07, 6.45) is 10.7. The zero-order valence-corrected chi connectivity index (χ0v) is 15.5. The fourth-order valence-corrected chi connectivity index (χ4v) is 4.29. The zero-order valence-electron chi connectivity index (χ0n) is 15.5. The molecule has 1 N–H and O–H groups in total. The summed E-state index contributed by atoms with van der Waals surface area (Å²) < 4.78 is 5.95. The first-order valence-electron chi connectivity index (χ1n) is 10.2. The van der Waals surface area contributed by atoms with Gasteiger partial charge in [0, 0.05) is 19.1 Å². The second kappa shape index (κ2) is 8.11. The molecular weight excluding hydrogens is 326 g/mol. The number of hydrogen-bond donors (Lipinski definition) is 1. The molecule has 140 valence electrons. The van der Waals surface area contributed by atoms with Crippen molar-refractivity contribution in [1.82, 2.24) is 15.2 Å². The smallest absolute Gasteiger partial charge is 0.317 e. The van der Waals surface area contributed by atoms with Gasteiger partial charge in [0.05, 0.1) is 5.92 Å². The molecule has 1 aliphatic heterocycles. The van der Waals surface area contributed by atoms with Gasteiger partial charge in [0.2, 0.25) is 0 Å². The number of aromatic nitrogens is 1. The van der Waals surface area contributed by atoms with Crippen molar-refractivity contribution in [3.05, 3.63) is 30.2 Å². The largest absolute Gasteiger partial charge is 0.440 e. The molecule has 1 atom stereocenters. The number of para-hydroxylation sites is 2. The van der Waals surface area contributed by atoms with Crippen molar-refractivity contribution in [2.45, 2.75) is 69.7 Å². The van der Waals surface area contributed by atoms with Gasteiger partial charge >= 0.3 is 6.03 Å². The van der Waals surface area contributed by atoms with Gasteiger partial charge in [0.15, 0.2) is 11.5 Å². The first kappa shape index (κ1) is 17.4. The number of amides is 2. The van der Waals surface area contributed by atoms with Gasteiger partial charge in [-0.3, -0.25) is 0 Å². The average Bonchev–Trinajstić information content (AvgIpc) is 3.08. The van der Waals surface area contributed by atoms with E-state index in [0.29, 0.717) is 12.6 Å². The van der Waals surface area contributed by atoms with Crippen LogP contribution in [0.15, 0.2) is 28.7 Å². The molecule has 4 rings (SSSR count). The van der Waals surface area contributed by atoms with Crippen molar-refractivity contribution in [2.24, 2.45) is 0 Å². The lowest BCUT2D eigenvalue weighted by molar-refractivity contribution is 0.169. The predicted octanol–water partition coefficient (Wildman–Crippen LogP) is 4.83. The second-order valence-corrected chi connectivity index (χ2v) is 7.80. The number of rotatable bonds is 2. The normalized spacial score (nSPS) is 22.8. The molecule has 1 aromatic heterocycles. The number of carbonyl (C=O) groups excluding carboxylic acids is 1. The summed E-state index contributed by atoms with van der Waals surface area (Å²) in [6, 6.07) is 8.30. The minimum atomic E-state index is 0.0939. The number of oxazole rings is 1. The van der Waals surface area contributed by atoms with Gasteiger partial charge in [0.1, 0.15) is 5.52 Å². The second-order valence-electron chi connectivity index (χ2n) is 7.80. The first-order chi connectivity index (χ1) is 12.8. The van der Waals surface area contributed by atoms with Crippen LogP contribution in [-0.4, -0.2) is 35.0 Å². The molecule has 2 amide bonds. The number of benzene rings is 1. The molecule has 2 aromatic rings. The van der Waals surface area contributed by atoms with E-state index in [4.69, 9.17) is 4.42 Å². The molecule has 26 heavy (non-hydrogen) atoms. The average molecular weight is 355 g/mol. The fraction of sp³-hybridized carbons (Fsp3) is 0.619. The van der Waals surface area contributed by atoms with Gasteiger partial charge in [-0.2, -0.15) is 0 Å². The van der Waals surface area contributed by atoms with E-state index in [0.717, 1.165) is 49.2 Å². The van der Waals surface area contributed by atoms with Crippen molar-refractivity contribution in [3.63, 3.8) is 0 Å². The Kier molecular flexibility index (Phi) is 5.42.